The minimum Gasteiger partial charge on any atom is -0.383 e. The number of nitrogens with zero attached hydrogens (tertiary/aromatic N) is 2. The number of hydrogen-bond acceptors (Lipinski definition) is 6. The molecule has 0 radical (unpaired) electrons. The predicted octanol–water partition coefficient (Wildman–Crippen LogP) is 3.69. The smallest absolute Gasteiger partial charge is 0.222 e. The van der Waals surface area contributed by atoms with Crippen molar-refractivity contribution in [1.29, 1.82) is 0 Å². The zero-order valence-electron chi connectivity index (χ0n) is 12.8. The fourth-order valence-corrected chi connectivity index (χ4v) is 2.56. The predicted molar refractivity (Wildman–Crippen MR) is 92.3 cm³/mol. The van der Waals surface area contributed by atoms with E-state index in [4.69, 9.17) is 44.1 Å². The first kappa shape index (κ1) is 17.7. The maximum atomic E-state index is 6.31. The van der Waals surface area contributed by atoms with E-state index in [9.17, 15) is 0 Å². The summed E-state index contributed by atoms with van der Waals surface area (Å²) >= 11 is 12.4. The van der Waals surface area contributed by atoms with Gasteiger partial charge in [-0.05, 0) is 19.9 Å². The van der Waals surface area contributed by atoms with Crippen molar-refractivity contribution in [2.75, 3.05) is 24.7 Å². The van der Waals surface area contributed by atoms with E-state index < -0.39 is 6.29 Å². The number of ether oxygens (including phenoxy) is 2. The summed E-state index contributed by atoms with van der Waals surface area (Å²) in [5.41, 5.74) is 13.3. The number of nitrogen functional groups attached to an aromatic ring is 2. The molecule has 0 saturated carbocycles. The van der Waals surface area contributed by atoms with Crippen LogP contribution in [0.4, 0.5) is 11.8 Å². The molecule has 0 saturated heterocycles. The van der Waals surface area contributed by atoms with Crippen molar-refractivity contribution in [3.05, 3.63) is 33.9 Å². The van der Waals surface area contributed by atoms with Gasteiger partial charge in [-0.25, -0.2) is 4.98 Å². The Morgan fingerprint density at radius 3 is 2.35 bits per heavy atom. The van der Waals surface area contributed by atoms with Crippen molar-refractivity contribution >= 4 is 35.0 Å². The van der Waals surface area contributed by atoms with Crippen molar-refractivity contribution in [3.8, 4) is 11.1 Å². The summed E-state index contributed by atoms with van der Waals surface area (Å²) in [6, 6.07) is 5.22. The van der Waals surface area contributed by atoms with Gasteiger partial charge in [-0.3, -0.25) is 0 Å². The SMILES string of the molecule is CCOC(OCC)c1nc(N)nc(N)c1-c1cccc(Cl)c1Cl. The van der Waals surface area contributed by atoms with E-state index in [1.54, 1.807) is 18.2 Å². The normalized spacial score (nSPS) is 11.2. The van der Waals surface area contributed by atoms with E-state index in [0.717, 1.165) is 0 Å². The van der Waals surface area contributed by atoms with Crippen LogP contribution in [0, 0.1) is 0 Å². The quantitative estimate of drug-likeness (QED) is 0.766. The highest BCUT2D eigenvalue weighted by Gasteiger charge is 2.24. The molecule has 2 aromatic rings. The van der Waals surface area contributed by atoms with Gasteiger partial charge in [-0.1, -0.05) is 35.3 Å². The van der Waals surface area contributed by atoms with Crippen molar-refractivity contribution in [2.24, 2.45) is 0 Å². The molecular formula is C15H18Cl2N4O2. The summed E-state index contributed by atoms with van der Waals surface area (Å²) in [4.78, 5) is 8.27. The molecule has 1 aromatic carbocycles. The summed E-state index contributed by atoms with van der Waals surface area (Å²) in [7, 11) is 0. The van der Waals surface area contributed by atoms with Gasteiger partial charge in [0.15, 0.2) is 0 Å². The molecule has 0 atom stereocenters. The number of rotatable bonds is 6. The van der Waals surface area contributed by atoms with Crippen LogP contribution in [0.15, 0.2) is 18.2 Å². The highest BCUT2D eigenvalue weighted by atomic mass is 35.5. The van der Waals surface area contributed by atoms with E-state index in [0.29, 0.717) is 40.1 Å². The molecule has 0 fully saturated rings. The molecule has 6 nitrogen and oxygen atoms in total. The molecule has 0 amide bonds. The van der Waals surface area contributed by atoms with E-state index in [-0.39, 0.29) is 11.8 Å². The van der Waals surface area contributed by atoms with Crippen LogP contribution < -0.4 is 11.5 Å². The Labute approximate surface area is 144 Å². The fraction of sp³-hybridized carbons (Fsp3) is 0.333. The molecule has 0 bridgehead atoms. The molecule has 0 unspecified atom stereocenters. The summed E-state index contributed by atoms with van der Waals surface area (Å²) in [6.07, 6.45) is -0.734. The van der Waals surface area contributed by atoms with Crippen molar-refractivity contribution in [2.45, 2.75) is 20.1 Å². The second kappa shape index (κ2) is 7.79. The maximum absolute atomic E-state index is 6.31. The summed E-state index contributed by atoms with van der Waals surface area (Å²) in [5, 5.41) is 0.748. The van der Waals surface area contributed by atoms with Crippen molar-refractivity contribution in [3.63, 3.8) is 0 Å². The number of hydrogen-bond donors (Lipinski definition) is 2. The molecule has 2 rings (SSSR count). The largest absolute Gasteiger partial charge is 0.383 e. The standard InChI is InChI=1S/C15H18Cl2N4O2/c1-3-22-14(23-4-2)12-10(13(18)21-15(19)20-12)8-6-5-7-9(16)11(8)17/h5-7,14H,3-4H2,1-2H3,(H4,18,19,20,21). The third-order valence-electron chi connectivity index (χ3n) is 3.06. The molecule has 23 heavy (non-hydrogen) atoms. The second-order valence-corrected chi connectivity index (χ2v) is 5.36. The van der Waals surface area contributed by atoms with Crippen LogP contribution in [0.2, 0.25) is 10.0 Å². The number of nitrogens with two attached hydrogens (primary N) is 2. The van der Waals surface area contributed by atoms with Crippen LogP contribution in [0.5, 0.6) is 0 Å². The van der Waals surface area contributed by atoms with Crippen LogP contribution in [-0.2, 0) is 9.47 Å². The third-order valence-corrected chi connectivity index (χ3v) is 3.88. The Morgan fingerprint density at radius 2 is 1.74 bits per heavy atom. The summed E-state index contributed by atoms with van der Waals surface area (Å²) < 4.78 is 11.2. The lowest BCUT2D eigenvalue weighted by atomic mass is 10.0. The molecule has 124 valence electrons. The lowest BCUT2D eigenvalue weighted by molar-refractivity contribution is -0.142. The van der Waals surface area contributed by atoms with Gasteiger partial charge in [0, 0.05) is 18.8 Å². The number of benzene rings is 1. The molecule has 0 aliphatic heterocycles. The average molecular weight is 357 g/mol. The van der Waals surface area contributed by atoms with Gasteiger partial charge in [0.25, 0.3) is 0 Å². The van der Waals surface area contributed by atoms with Gasteiger partial charge in [-0.2, -0.15) is 4.98 Å². The third kappa shape index (κ3) is 3.84. The topological polar surface area (TPSA) is 96.3 Å². The molecule has 1 heterocycles. The molecule has 1 aromatic heterocycles. The van der Waals surface area contributed by atoms with Crippen LogP contribution in [-0.4, -0.2) is 23.2 Å². The monoisotopic (exact) mass is 356 g/mol. The summed E-state index contributed by atoms with van der Waals surface area (Å²) in [6.45, 7) is 4.56. The Hall–Kier alpha value is -1.60. The fourth-order valence-electron chi connectivity index (χ4n) is 2.17. The van der Waals surface area contributed by atoms with E-state index in [1.807, 2.05) is 13.8 Å². The minimum absolute atomic E-state index is 0.0313. The Balaban J connectivity index is 2.69. The van der Waals surface area contributed by atoms with Crippen LogP contribution in [0.1, 0.15) is 25.8 Å². The lowest BCUT2D eigenvalue weighted by Gasteiger charge is -2.21. The van der Waals surface area contributed by atoms with Crippen LogP contribution >= 0.6 is 23.2 Å². The first-order valence-electron chi connectivity index (χ1n) is 7.10. The van der Waals surface area contributed by atoms with E-state index >= 15 is 0 Å². The Morgan fingerprint density at radius 1 is 1.09 bits per heavy atom. The average Bonchev–Trinajstić information content (AvgIpc) is 2.50. The highest BCUT2D eigenvalue weighted by Crippen LogP contribution is 2.40. The zero-order valence-corrected chi connectivity index (χ0v) is 14.4. The van der Waals surface area contributed by atoms with Crippen LogP contribution in [0.3, 0.4) is 0 Å². The first-order valence-corrected chi connectivity index (χ1v) is 7.85. The van der Waals surface area contributed by atoms with Gasteiger partial charge in [0.1, 0.15) is 11.5 Å². The maximum Gasteiger partial charge on any atom is 0.222 e. The van der Waals surface area contributed by atoms with E-state index in [2.05, 4.69) is 9.97 Å². The number of halogens is 2. The van der Waals surface area contributed by atoms with Crippen LogP contribution in [0.25, 0.3) is 11.1 Å². The van der Waals surface area contributed by atoms with Gasteiger partial charge < -0.3 is 20.9 Å². The number of anilines is 2. The number of aromatic nitrogens is 2. The Bertz CT molecular complexity index is 691. The second-order valence-electron chi connectivity index (χ2n) is 4.57. The molecule has 0 aliphatic carbocycles. The molecule has 8 heteroatoms. The first-order chi connectivity index (χ1) is 11.0. The molecule has 4 N–H and O–H groups in total. The molecule has 0 aliphatic rings. The van der Waals surface area contributed by atoms with Gasteiger partial charge in [-0.15, -0.1) is 0 Å². The minimum atomic E-state index is -0.734. The van der Waals surface area contributed by atoms with Gasteiger partial charge >= 0.3 is 0 Å². The Kier molecular flexibility index (Phi) is 6.01. The van der Waals surface area contributed by atoms with Gasteiger partial charge in [0.05, 0.1) is 15.6 Å². The van der Waals surface area contributed by atoms with Crippen molar-refractivity contribution in [1.82, 2.24) is 9.97 Å². The van der Waals surface area contributed by atoms with Crippen molar-refractivity contribution < 1.29 is 9.47 Å². The highest BCUT2D eigenvalue weighted by molar-refractivity contribution is 6.43. The van der Waals surface area contributed by atoms with E-state index in [1.165, 1.54) is 0 Å². The van der Waals surface area contributed by atoms with Gasteiger partial charge in [0.2, 0.25) is 12.2 Å². The lowest BCUT2D eigenvalue weighted by Crippen LogP contribution is -2.15. The molecule has 0 spiro atoms. The summed E-state index contributed by atoms with van der Waals surface area (Å²) in [5.74, 6) is 0.213. The zero-order chi connectivity index (χ0) is 17.0. The molecular weight excluding hydrogens is 339 g/mol.